The van der Waals surface area contributed by atoms with Gasteiger partial charge in [-0.2, -0.15) is 0 Å². The standard InChI is InChI=1S/C23H30N2O5/c1-3-30-23(29)18(13-12-16-8-5-4-6-9-16)24-15(2)21(26)25-19-11-7-10-17(19)14-20(25)22(27)28/h4-9,11,15,17-20,24H,3,10,12-14H2,1-2H3,(H,27,28)/t15-,17-,18-,19+,20-/m0/s1. The number of benzene rings is 1. The van der Waals surface area contributed by atoms with E-state index in [0.717, 1.165) is 12.0 Å². The lowest BCUT2D eigenvalue weighted by molar-refractivity contribution is -0.151. The molecule has 1 amide bonds. The average Bonchev–Trinajstić information content (AvgIpc) is 3.32. The number of aliphatic carboxylic acids is 1. The number of esters is 1. The second-order valence-electron chi connectivity index (χ2n) is 7.97. The molecule has 2 aliphatic rings. The quantitative estimate of drug-likeness (QED) is 0.475. The number of fused-ring (bicyclic) bond motifs is 1. The molecule has 2 N–H and O–H groups in total. The highest BCUT2D eigenvalue weighted by molar-refractivity contribution is 5.89. The topological polar surface area (TPSA) is 95.9 Å². The number of aryl methyl sites for hydroxylation is 1. The van der Waals surface area contributed by atoms with Gasteiger partial charge in [-0.3, -0.25) is 14.9 Å². The minimum atomic E-state index is -0.982. The highest BCUT2D eigenvalue weighted by Crippen LogP contribution is 2.37. The van der Waals surface area contributed by atoms with Gasteiger partial charge in [-0.05, 0) is 51.0 Å². The minimum Gasteiger partial charge on any atom is -0.480 e. The van der Waals surface area contributed by atoms with Gasteiger partial charge in [-0.25, -0.2) is 4.79 Å². The SMILES string of the molecule is CCOC(=O)[C@H](CCc1ccccc1)N[C@@H](C)C(=O)N1[C@@H]2C=CC[C@H]2C[C@H]1C(=O)O. The first-order valence-corrected chi connectivity index (χ1v) is 10.6. The summed E-state index contributed by atoms with van der Waals surface area (Å²) in [5, 5.41) is 12.7. The van der Waals surface area contributed by atoms with Crippen LogP contribution in [0.5, 0.6) is 0 Å². The Kier molecular flexibility index (Phi) is 7.26. The van der Waals surface area contributed by atoms with Gasteiger partial charge in [-0.1, -0.05) is 42.5 Å². The number of carboxylic acid groups (broad SMARTS) is 1. The lowest BCUT2D eigenvalue weighted by Gasteiger charge is -2.31. The maximum absolute atomic E-state index is 13.2. The Morgan fingerprint density at radius 2 is 2.00 bits per heavy atom. The van der Waals surface area contributed by atoms with E-state index in [-0.39, 0.29) is 24.5 Å². The van der Waals surface area contributed by atoms with Gasteiger partial charge in [0, 0.05) is 0 Å². The largest absolute Gasteiger partial charge is 0.480 e. The molecule has 0 radical (unpaired) electrons. The van der Waals surface area contributed by atoms with E-state index in [9.17, 15) is 19.5 Å². The van der Waals surface area contributed by atoms with Crippen LogP contribution in [0, 0.1) is 5.92 Å². The van der Waals surface area contributed by atoms with Crippen molar-refractivity contribution in [2.75, 3.05) is 6.61 Å². The van der Waals surface area contributed by atoms with Crippen molar-refractivity contribution >= 4 is 17.8 Å². The van der Waals surface area contributed by atoms with Crippen molar-refractivity contribution in [3.05, 3.63) is 48.0 Å². The predicted octanol–water partition coefficient (Wildman–Crippen LogP) is 2.16. The zero-order valence-electron chi connectivity index (χ0n) is 17.5. The highest BCUT2D eigenvalue weighted by atomic mass is 16.5. The molecule has 30 heavy (non-hydrogen) atoms. The number of allylic oxidation sites excluding steroid dienone is 1. The van der Waals surface area contributed by atoms with Gasteiger partial charge in [0.05, 0.1) is 18.7 Å². The Balaban J connectivity index is 1.69. The van der Waals surface area contributed by atoms with Crippen molar-refractivity contribution in [1.29, 1.82) is 0 Å². The second-order valence-corrected chi connectivity index (χ2v) is 7.97. The van der Waals surface area contributed by atoms with E-state index in [0.29, 0.717) is 19.3 Å². The Morgan fingerprint density at radius 3 is 2.67 bits per heavy atom. The van der Waals surface area contributed by atoms with Gasteiger partial charge in [0.25, 0.3) is 0 Å². The third kappa shape index (κ3) is 4.90. The summed E-state index contributed by atoms with van der Waals surface area (Å²) in [5.74, 6) is -1.52. The van der Waals surface area contributed by atoms with Crippen molar-refractivity contribution in [3.8, 4) is 0 Å². The van der Waals surface area contributed by atoms with E-state index in [2.05, 4.69) is 5.32 Å². The molecule has 7 heteroatoms. The molecular formula is C23H30N2O5. The number of likely N-dealkylation sites (tertiary alicyclic amines) is 1. The van der Waals surface area contributed by atoms with E-state index in [1.54, 1.807) is 13.8 Å². The Bertz CT molecular complexity index is 794. The van der Waals surface area contributed by atoms with Crippen molar-refractivity contribution < 1.29 is 24.2 Å². The molecule has 1 heterocycles. The maximum Gasteiger partial charge on any atom is 0.326 e. The summed E-state index contributed by atoms with van der Waals surface area (Å²) in [5.41, 5.74) is 1.09. The van der Waals surface area contributed by atoms with Crippen LogP contribution in [0.15, 0.2) is 42.5 Å². The molecule has 0 saturated carbocycles. The van der Waals surface area contributed by atoms with E-state index < -0.39 is 30.1 Å². The highest BCUT2D eigenvalue weighted by Gasteiger charge is 2.48. The zero-order valence-corrected chi connectivity index (χ0v) is 17.5. The first-order chi connectivity index (χ1) is 14.4. The summed E-state index contributed by atoms with van der Waals surface area (Å²) in [4.78, 5) is 38.9. The normalized spacial score (nSPS) is 24.3. The fraction of sp³-hybridized carbons (Fsp3) is 0.522. The Labute approximate surface area is 177 Å². The second kappa shape index (κ2) is 9.89. The van der Waals surface area contributed by atoms with Crippen LogP contribution in [0.4, 0.5) is 0 Å². The lowest BCUT2D eigenvalue weighted by atomic mass is 10.0. The van der Waals surface area contributed by atoms with Crippen molar-refractivity contribution in [1.82, 2.24) is 10.2 Å². The molecule has 1 aliphatic heterocycles. The molecule has 0 spiro atoms. The number of hydrogen-bond acceptors (Lipinski definition) is 5. The summed E-state index contributed by atoms with van der Waals surface area (Å²) in [6, 6.07) is 7.44. The number of amides is 1. The van der Waals surface area contributed by atoms with Crippen LogP contribution in [0.1, 0.15) is 38.7 Å². The molecule has 1 aromatic rings. The fourth-order valence-corrected chi connectivity index (χ4v) is 4.44. The summed E-state index contributed by atoms with van der Waals surface area (Å²) in [6.45, 7) is 3.68. The molecule has 0 bridgehead atoms. The number of nitrogens with one attached hydrogen (secondary N) is 1. The molecule has 1 aliphatic carbocycles. The minimum absolute atomic E-state index is 0.154. The Hall–Kier alpha value is -2.67. The maximum atomic E-state index is 13.2. The number of rotatable bonds is 9. The summed E-state index contributed by atoms with van der Waals surface area (Å²) >= 11 is 0. The van der Waals surface area contributed by atoms with E-state index in [1.165, 1.54) is 4.90 Å². The molecule has 1 fully saturated rings. The van der Waals surface area contributed by atoms with Crippen LogP contribution in [0.2, 0.25) is 0 Å². The molecule has 0 aromatic heterocycles. The van der Waals surface area contributed by atoms with Gasteiger partial charge in [0.2, 0.25) is 5.91 Å². The zero-order chi connectivity index (χ0) is 21.7. The van der Waals surface area contributed by atoms with Crippen LogP contribution in [-0.4, -0.2) is 58.6 Å². The summed E-state index contributed by atoms with van der Waals surface area (Å²) in [6.07, 6.45) is 6.33. The molecule has 5 atom stereocenters. The summed E-state index contributed by atoms with van der Waals surface area (Å²) in [7, 11) is 0. The molecule has 1 saturated heterocycles. The van der Waals surface area contributed by atoms with Crippen LogP contribution < -0.4 is 5.32 Å². The number of hydrogen-bond donors (Lipinski definition) is 2. The van der Waals surface area contributed by atoms with Gasteiger partial charge < -0.3 is 14.7 Å². The first-order valence-electron chi connectivity index (χ1n) is 10.6. The fourth-order valence-electron chi connectivity index (χ4n) is 4.44. The van der Waals surface area contributed by atoms with E-state index >= 15 is 0 Å². The van der Waals surface area contributed by atoms with Crippen molar-refractivity contribution in [3.63, 3.8) is 0 Å². The van der Waals surface area contributed by atoms with E-state index in [4.69, 9.17) is 4.74 Å². The smallest absolute Gasteiger partial charge is 0.326 e. The van der Waals surface area contributed by atoms with Crippen LogP contribution in [0.3, 0.4) is 0 Å². The number of nitrogens with zero attached hydrogens (tertiary/aromatic N) is 1. The molecule has 1 aromatic carbocycles. The van der Waals surface area contributed by atoms with Gasteiger partial charge in [0.1, 0.15) is 12.1 Å². The first kappa shape index (κ1) is 22.0. The van der Waals surface area contributed by atoms with Gasteiger partial charge >= 0.3 is 11.9 Å². The predicted molar refractivity (Wildman–Crippen MR) is 112 cm³/mol. The van der Waals surface area contributed by atoms with Gasteiger partial charge in [0.15, 0.2) is 0 Å². The molecule has 0 unspecified atom stereocenters. The lowest BCUT2D eigenvalue weighted by Crippen LogP contribution is -2.55. The molecule has 162 valence electrons. The van der Waals surface area contributed by atoms with Crippen LogP contribution in [0.25, 0.3) is 0 Å². The van der Waals surface area contributed by atoms with Crippen molar-refractivity contribution in [2.24, 2.45) is 5.92 Å². The van der Waals surface area contributed by atoms with Crippen LogP contribution >= 0.6 is 0 Å². The van der Waals surface area contributed by atoms with Crippen molar-refractivity contribution in [2.45, 2.75) is 63.7 Å². The van der Waals surface area contributed by atoms with Crippen LogP contribution in [-0.2, 0) is 25.5 Å². The number of carbonyl (C=O) groups is 3. The molecular weight excluding hydrogens is 384 g/mol. The molecule has 7 nitrogen and oxygen atoms in total. The third-order valence-corrected chi connectivity index (χ3v) is 5.93. The monoisotopic (exact) mass is 414 g/mol. The number of carbonyl (C=O) groups excluding carboxylic acids is 2. The Morgan fingerprint density at radius 1 is 1.27 bits per heavy atom. The van der Waals surface area contributed by atoms with E-state index in [1.807, 2.05) is 42.5 Å². The molecule has 3 rings (SSSR count). The van der Waals surface area contributed by atoms with Gasteiger partial charge in [-0.15, -0.1) is 0 Å². The number of carboxylic acids is 1. The summed E-state index contributed by atoms with van der Waals surface area (Å²) < 4.78 is 5.20. The average molecular weight is 415 g/mol. The number of ether oxygens (including phenoxy) is 1. The third-order valence-electron chi connectivity index (χ3n) is 5.93.